The fourth-order valence-corrected chi connectivity index (χ4v) is 2.59. The summed E-state index contributed by atoms with van der Waals surface area (Å²) in [5, 5.41) is 9.63. The van der Waals surface area contributed by atoms with Crippen molar-refractivity contribution < 1.29 is 5.11 Å². The van der Waals surface area contributed by atoms with Gasteiger partial charge >= 0.3 is 0 Å². The van der Waals surface area contributed by atoms with Crippen LogP contribution in [0.25, 0.3) is 0 Å². The highest BCUT2D eigenvalue weighted by Crippen LogP contribution is 2.14. The second kappa shape index (κ2) is 5.63. The summed E-state index contributed by atoms with van der Waals surface area (Å²) in [6, 6.07) is 11.0. The molecule has 1 heterocycles. The van der Waals surface area contributed by atoms with Gasteiger partial charge in [-0.15, -0.1) is 0 Å². The van der Waals surface area contributed by atoms with Crippen LogP contribution in [-0.4, -0.2) is 46.8 Å². The van der Waals surface area contributed by atoms with Crippen molar-refractivity contribution in [3.8, 4) is 0 Å². The molecule has 17 heavy (non-hydrogen) atoms. The zero-order chi connectivity index (χ0) is 12.3. The molecule has 1 saturated heterocycles. The van der Waals surface area contributed by atoms with Gasteiger partial charge in [-0.2, -0.15) is 0 Å². The summed E-state index contributed by atoms with van der Waals surface area (Å²) in [7, 11) is 0. The van der Waals surface area contributed by atoms with Gasteiger partial charge < -0.3 is 5.11 Å². The van der Waals surface area contributed by atoms with Crippen molar-refractivity contribution in [3.63, 3.8) is 0 Å². The van der Waals surface area contributed by atoms with Crippen LogP contribution < -0.4 is 0 Å². The summed E-state index contributed by atoms with van der Waals surface area (Å²) in [5.41, 5.74) is 1.37. The maximum atomic E-state index is 9.63. The lowest BCUT2D eigenvalue weighted by atomic mass is 10.1. The van der Waals surface area contributed by atoms with Crippen LogP contribution in [-0.2, 0) is 6.54 Å². The zero-order valence-corrected chi connectivity index (χ0v) is 10.7. The largest absolute Gasteiger partial charge is 0.379 e. The molecule has 0 spiro atoms. The summed E-state index contributed by atoms with van der Waals surface area (Å²) < 4.78 is 0. The maximum absolute atomic E-state index is 9.63. The quantitative estimate of drug-likeness (QED) is 0.859. The predicted octanol–water partition coefficient (Wildman–Crippen LogP) is 1.53. The SMILES string of the molecule is CC(O)N1CCN(Cc2ccccc2)CC1C. The summed E-state index contributed by atoms with van der Waals surface area (Å²) in [6.45, 7) is 8.06. The van der Waals surface area contributed by atoms with Crippen LogP contribution >= 0.6 is 0 Å². The van der Waals surface area contributed by atoms with Crippen molar-refractivity contribution in [3.05, 3.63) is 35.9 Å². The average molecular weight is 234 g/mol. The Balaban J connectivity index is 1.90. The highest BCUT2D eigenvalue weighted by molar-refractivity contribution is 5.14. The summed E-state index contributed by atoms with van der Waals surface area (Å²) in [5.74, 6) is 0. The van der Waals surface area contributed by atoms with Gasteiger partial charge in [-0.25, -0.2) is 0 Å². The molecule has 1 N–H and O–H groups in total. The summed E-state index contributed by atoms with van der Waals surface area (Å²) >= 11 is 0. The van der Waals surface area contributed by atoms with Gasteiger partial charge in [-0.1, -0.05) is 30.3 Å². The van der Waals surface area contributed by atoms with Crippen LogP contribution in [0, 0.1) is 0 Å². The average Bonchev–Trinajstić information content (AvgIpc) is 2.30. The molecule has 1 aromatic carbocycles. The molecule has 3 nitrogen and oxygen atoms in total. The van der Waals surface area contributed by atoms with E-state index in [-0.39, 0.29) is 6.23 Å². The Bertz CT molecular complexity index is 339. The normalized spacial score (nSPS) is 24.8. The number of nitrogens with zero attached hydrogens (tertiary/aromatic N) is 2. The van der Waals surface area contributed by atoms with E-state index < -0.39 is 0 Å². The Morgan fingerprint density at radius 3 is 2.59 bits per heavy atom. The number of rotatable bonds is 3. The third-order valence-electron chi connectivity index (χ3n) is 3.49. The van der Waals surface area contributed by atoms with Crippen LogP contribution in [0.5, 0.6) is 0 Å². The van der Waals surface area contributed by atoms with E-state index in [0.717, 1.165) is 26.2 Å². The van der Waals surface area contributed by atoms with Crippen molar-refractivity contribution in [1.29, 1.82) is 0 Å². The van der Waals surface area contributed by atoms with Gasteiger partial charge in [0.05, 0.1) is 0 Å². The van der Waals surface area contributed by atoms with Crippen LogP contribution in [0.15, 0.2) is 30.3 Å². The number of aliphatic hydroxyl groups is 1. The van der Waals surface area contributed by atoms with Crippen molar-refractivity contribution in [2.45, 2.75) is 32.7 Å². The fourth-order valence-electron chi connectivity index (χ4n) is 2.59. The Kier molecular flexibility index (Phi) is 4.15. The molecule has 3 heteroatoms. The van der Waals surface area contributed by atoms with Gasteiger partial charge in [0.2, 0.25) is 0 Å². The van der Waals surface area contributed by atoms with Crippen LogP contribution in [0.4, 0.5) is 0 Å². The first-order chi connectivity index (χ1) is 8.16. The first-order valence-electron chi connectivity index (χ1n) is 6.37. The lowest BCUT2D eigenvalue weighted by Crippen LogP contribution is -2.54. The molecule has 0 bridgehead atoms. The third kappa shape index (κ3) is 3.28. The number of hydrogen-bond donors (Lipinski definition) is 1. The molecule has 2 rings (SSSR count). The molecule has 1 aliphatic rings. The minimum absolute atomic E-state index is 0.330. The molecule has 0 radical (unpaired) electrons. The van der Waals surface area contributed by atoms with E-state index in [4.69, 9.17) is 0 Å². The zero-order valence-electron chi connectivity index (χ0n) is 10.7. The molecular formula is C14H22N2O. The van der Waals surface area contributed by atoms with Crippen molar-refractivity contribution in [1.82, 2.24) is 9.80 Å². The summed E-state index contributed by atoms with van der Waals surface area (Å²) in [4.78, 5) is 4.61. The number of aliphatic hydroxyl groups excluding tert-OH is 1. The molecule has 0 amide bonds. The maximum Gasteiger partial charge on any atom is 0.104 e. The van der Waals surface area contributed by atoms with Gasteiger partial charge in [0, 0.05) is 32.2 Å². The molecule has 1 aliphatic heterocycles. The molecule has 1 aromatic rings. The van der Waals surface area contributed by atoms with Gasteiger partial charge in [-0.05, 0) is 19.4 Å². The van der Waals surface area contributed by atoms with Crippen LogP contribution in [0.1, 0.15) is 19.4 Å². The Labute approximate surface area is 104 Å². The van der Waals surface area contributed by atoms with Crippen molar-refractivity contribution in [2.75, 3.05) is 19.6 Å². The van der Waals surface area contributed by atoms with E-state index in [1.807, 2.05) is 6.92 Å². The molecule has 0 saturated carbocycles. The monoisotopic (exact) mass is 234 g/mol. The standard InChI is InChI=1S/C14H22N2O/c1-12-10-15(8-9-16(12)13(2)17)11-14-6-4-3-5-7-14/h3-7,12-13,17H,8-11H2,1-2H3. The van der Waals surface area contributed by atoms with Gasteiger partial charge in [0.1, 0.15) is 6.23 Å². The number of benzene rings is 1. The minimum Gasteiger partial charge on any atom is -0.379 e. The molecule has 0 aliphatic carbocycles. The first kappa shape index (κ1) is 12.6. The molecule has 2 unspecified atom stereocenters. The van der Waals surface area contributed by atoms with E-state index in [1.54, 1.807) is 0 Å². The van der Waals surface area contributed by atoms with E-state index in [1.165, 1.54) is 5.56 Å². The minimum atomic E-state index is -0.330. The van der Waals surface area contributed by atoms with Crippen LogP contribution in [0.2, 0.25) is 0 Å². The highest BCUT2D eigenvalue weighted by Gasteiger charge is 2.25. The van der Waals surface area contributed by atoms with Gasteiger partial charge in [-0.3, -0.25) is 9.80 Å². The second-order valence-electron chi connectivity index (χ2n) is 4.94. The van der Waals surface area contributed by atoms with E-state index in [2.05, 4.69) is 47.1 Å². The molecule has 94 valence electrons. The Hall–Kier alpha value is -0.900. The van der Waals surface area contributed by atoms with Gasteiger partial charge in [0.25, 0.3) is 0 Å². The number of piperazine rings is 1. The van der Waals surface area contributed by atoms with E-state index in [0.29, 0.717) is 6.04 Å². The lowest BCUT2D eigenvalue weighted by Gasteiger charge is -2.41. The molecule has 0 aromatic heterocycles. The highest BCUT2D eigenvalue weighted by atomic mass is 16.3. The molecule has 2 atom stereocenters. The third-order valence-corrected chi connectivity index (χ3v) is 3.49. The van der Waals surface area contributed by atoms with Crippen LogP contribution in [0.3, 0.4) is 0 Å². The van der Waals surface area contributed by atoms with Gasteiger partial charge in [0.15, 0.2) is 0 Å². The molecule has 1 fully saturated rings. The Morgan fingerprint density at radius 1 is 1.29 bits per heavy atom. The Morgan fingerprint density at radius 2 is 2.00 bits per heavy atom. The first-order valence-corrected chi connectivity index (χ1v) is 6.37. The molecular weight excluding hydrogens is 212 g/mol. The smallest absolute Gasteiger partial charge is 0.104 e. The van der Waals surface area contributed by atoms with Crippen molar-refractivity contribution >= 4 is 0 Å². The van der Waals surface area contributed by atoms with E-state index in [9.17, 15) is 5.11 Å². The summed E-state index contributed by atoms with van der Waals surface area (Å²) in [6.07, 6.45) is -0.330. The fraction of sp³-hybridized carbons (Fsp3) is 0.571. The predicted molar refractivity (Wildman–Crippen MR) is 69.6 cm³/mol. The topological polar surface area (TPSA) is 26.7 Å². The van der Waals surface area contributed by atoms with E-state index >= 15 is 0 Å². The van der Waals surface area contributed by atoms with Crippen molar-refractivity contribution in [2.24, 2.45) is 0 Å². The number of hydrogen-bond acceptors (Lipinski definition) is 3. The second-order valence-corrected chi connectivity index (χ2v) is 4.94. The lowest BCUT2D eigenvalue weighted by molar-refractivity contribution is -0.0446.